The Balaban J connectivity index is 1.99. The number of hydrogen-bond acceptors (Lipinski definition) is 3. The maximum atomic E-state index is 9.90. The van der Waals surface area contributed by atoms with Crippen molar-refractivity contribution in [1.29, 1.82) is 0 Å². The van der Waals surface area contributed by atoms with Gasteiger partial charge >= 0.3 is 0 Å². The molecule has 0 aliphatic carbocycles. The Morgan fingerprint density at radius 1 is 1.62 bits per heavy atom. The van der Waals surface area contributed by atoms with Gasteiger partial charge in [0.25, 0.3) is 0 Å². The van der Waals surface area contributed by atoms with Gasteiger partial charge in [-0.3, -0.25) is 0 Å². The quantitative estimate of drug-likeness (QED) is 0.723. The van der Waals surface area contributed by atoms with Crippen molar-refractivity contribution < 1.29 is 9.52 Å². The summed E-state index contributed by atoms with van der Waals surface area (Å²) in [7, 11) is 0. The molecule has 13 heavy (non-hydrogen) atoms. The lowest BCUT2D eigenvalue weighted by molar-refractivity contribution is 0.0720. The summed E-state index contributed by atoms with van der Waals surface area (Å²) in [6.07, 6.45) is 3.38. The van der Waals surface area contributed by atoms with Crippen molar-refractivity contribution in [3.63, 3.8) is 0 Å². The van der Waals surface area contributed by atoms with Gasteiger partial charge in [-0.05, 0) is 31.5 Å². The van der Waals surface area contributed by atoms with E-state index in [2.05, 4.69) is 5.32 Å². The molecule has 3 heteroatoms. The number of aliphatic hydroxyl groups is 1. The predicted molar refractivity (Wildman–Crippen MR) is 49.3 cm³/mol. The molecule has 2 N–H and O–H groups in total. The van der Waals surface area contributed by atoms with Crippen LogP contribution in [0.3, 0.4) is 0 Å². The van der Waals surface area contributed by atoms with E-state index < -0.39 is 6.10 Å². The van der Waals surface area contributed by atoms with E-state index in [1.54, 1.807) is 6.26 Å². The largest absolute Gasteiger partial charge is 0.467 e. The zero-order valence-electron chi connectivity index (χ0n) is 7.57. The van der Waals surface area contributed by atoms with E-state index in [1.807, 2.05) is 12.1 Å². The average Bonchev–Trinajstić information content (AvgIpc) is 2.71. The van der Waals surface area contributed by atoms with Gasteiger partial charge in [-0.1, -0.05) is 0 Å². The number of hydrogen-bond donors (Lipinski definition) is 2. The summed E-state index contributed by atoms with van der Waals surface area (Å²) < 4.78 is 5.17. The molecule has 0 saturated carbocycles. The van der Waals surface area contributed by atoms with Gasteiger partial charge in [0.15, 0.2) is 0 Å². The van der Waals surface area contributed by atoms with Gasteiger partial charge < -0.3 is 14.8 Å². The highest BCUT2D eigenvalue weighted by Crippen LogP contribution is 2.26. The molecule has 0 spiro atoms. The Kier molecular flexibility index (Phi) is 2.66. The predicted octanol–water partition coefficient (Wildman–Crippen LogP) is 1.31. The Morgan fingerprint density at radius 2 is 2.54 bits per heavy atom. The normalized spacial score (nSPS) is 25.8. The van der Waals surface area contributed by atoms with Crippen molar-refractivity contribution >= 4 is 0 Å². The van der Waals surface area contributed by atoms with Crippen LogP contribution in [-0.2, 0) is 0 Å². The molecule has 1 aromatic heterocycles. The molecular formula is C10H15NO2. The Morgan fingerprint density at radius 3 is 3.15 bits per heavy atom. The van der Waals surface area contributed by atoms with Crippen molar-refractivity contribution in [2.45, 2.75) is 18.9 Å². The Hall–Kier alpha value is -0.800. The molecule has 2 rings (SSSR count). The van der Waals surface area contributed by atoms with Crippen LogP contribution in [0.25, 0.3) is 0 Å². The van der Waals surface area contributed by atoms with Crippen molar-refractivity contribution in [2.24, 2.45) is 5.92 Å². The van der Waals surface area contributed by atoms with Crippen molar-refractivity contribution in [3.05, 3.63) is 24.2 Å². The summed E-state index contributed by atoms with van der Waals surface area (Å²) in [6.45, 7) is 1.96. The van der Waals surface area contributed by atoms with Crippen LogP contribution in [0.15, 0.2) is 22.8 Å². The van der Waals surface area contributed by atoms with Gasteiger partial charge in [-0.25, -0.2) is 0 Å². The highest BCUT2D eigenvalue weighted by molar-refractivity contribution is 5.03. The fourth-order valence-corrected chi connectivity index (χ4v) is 1.84. The molecule has 0 bridgehead atoms. The summed E-state index contributed by atoms with van der Waals surface area (Å²) in [4.78, 5) is 0. The van der Waals surface area contributed by atoms with Crippen LogP contribution in [0.4, 0.5) is 0 Å². The SMILES string of the molecule is OC(c1ccco1)C1CCCNC1. The summed E-state index contributed by atoms with van der Waals surface area (Å²) >= 11 is 0. The van der Waals surface area contributed by atoms with Gasteiger partial charge in [-0.2, -0.15) is 0 Å². The fourth-order valence-electron chi connectivity index (χ4n) is 1.84. The lowest BCUT2D eigenvalue weighted by Crippen LogP contribution is -2.33. The second-order valence-corrected chi connectivity index (χ2v) is 3.57. The number of nitrogens with one attached hydrogen (secondary N) is 1. The minimum Gasteiger partial charge on any atom is -0.467 e. The minimum atomic E-state index is -0.442. The van der Waals surface area contributed by atoms with Gasteiger partial charge in [0.2, 0.25) is 0 Å². The topological polar surface area (TPSA) is 45.4 Å². The lowest BCUT2D eigenvalue weighted by atomic mass is 9.92. The van der Waals surface area contributed by atoms with E-state index in [0.717, 1.165) is 25.9 Å². The van der Waals surface area contributed by atoms with E-state index in [4.69, 9.17) is 4.42 Å². The second-order valence-electron chi connectivity index (χ2n) is 3.57. The number of piperidine rings is 1. The monoisotopic (exact) mass is 181 g/mol. The van der Waals surface area contributed by atoms with Crippen LogP contribution >= 0.6 is 0 Å². The first-order chi connectivity index (χ1) is 6.38. The molecular weight excluding hydrogens is 166 g/mol. The standard InChI is InChI=1S/C10H15NO2/c12-10(9-4-2-6-13-9)8-3-1-5-11-7-8/h2,4,6,8,10-12H,1,3,5,7H2. The number of rotatable bonds is 2. The summed E-state index contributed by atoms with van der Waals surface area (Å²) in [5.41, 5.74) is 0. The maximum Gasteiger partial charge on any atom is 0.132 e. The van der Waals surface area contributed by atoms with E-state index in [-0.39, 0.29) is 0 Å². The highest BCUT2D eigenvalue weighted by atomic mass is 16.4. The molecule has 72 valence electrons. The van der Waals surface area contributed by atoms with E-state index >= 15 is 0 Å². The smallest absolute Gasteiger partial charge is 0.132 e. The fraction of sp³-hybridized carbons (Fsp3) is 0.600. The molecule has 1 aliphatic heterocycles. The first-order valence-electron chi connectivity index (χ1n) is 4.80. The van der Waals surface area contributed by atoms with Gasteiger partial charge in [-0.15, -0.1) is 0 Å². The molecule has 2 unspecified atom stereocenters. The van der Waals surface area contributed by atoms with Crippen LogP contribution in [0.1, 0.15) is 24.7 Å². The molecule has 1 saturated heterocycles. The summed E-state index contributed by atoms with van der Waals surface area (Å²) in [6, 6.07) is 3.65. The molecule has 2 heterocycles. The van der Waals surface area contributed by atoms with E-state index in [0.29, 0.717) is 11.7 Å². The van der Waals surface area contributed by atoms with Crippen LogP contribution in [0.2, 0.25) is 0 Å². The first-order valence-corrected chi connectivity index (χ1v) is 4.80. The third-order valence-corrected chi connectivity index (χ3v) is 2.62. The third kappa shape index (κ3) is 1.92. The lowest BCUT2D eigenvalue weighted by Gasteiger charge is -2.25. The van der Waals surface area contributed by atoms with E-state index in [1.165, 1.54) is 0 Å². The van der Waals surface area contributed by atoms with Crippen LogP contribution < -0.4 is 5.32 Å². The van der Waals surface area contributed by atoms with Crippen LogP contribution in [0, 0.1) is 5.92 Å². The van der Waals surface area contributed by atoms with Gasteiger partial charge in [0.1, 0.15) is 11.9 Å². The molecule has 1 fully saturated rings. The minimum absolute atomic E-state index is 0.305. The summed E-state index contributed by atoms with van der Waals surface area (Å²) in [5.74, 6) is 0.994. The molecule has 0 radical (unpaired) electrons. The highest BCUT2D eigenvalue weighted by Gasteiger charge is 2.24. The van der Waals surface area contributed by atoms with Crippen molar-refractivity contribution in [1.82, 2.24) is 5.32 Å². The third-order valence-electron chi connectivity index (χ3n) is 2.62. The Bertz CT molecular complexity index is 239. The first kappa shape index (κ1) is 8.78. The molecule has 2 atom stereocenters. The van der Waals surface area contributed by atoms with Crippen LogP contribution in [-0.4, -0.2) is 18.2 Å². The second kappa shape index (κ2) is 3.94. The van der Waals surface area contributed by atoms with Crippen molar-refractivity contribution in [3.8, 4) is 0 Å². The Labute approximate surface area is 77.8 Å². The summed E-state index contributed by atoms with van der Waals surface area (Å²) in [5, 5.41) is 13.2. The van der Waals surface area contributed by atoms with Gasteiger partial charge in [0, 0.05) is 12.5 Å². The molecule has 3 nitrogen and oxygen atoms in total. The van der Waals surface area contributed by atoms with Gasteiger partial charge in [0.05, 0.1) is 6.26 Å². The van der Waals surface area contributed by atoms with Crippen molar-refractivity contribution in [2.75, 3.05) is 13.1 Å². The maximum absolute atomic E-state index is 9.90. The van der Waals surface area contributed by atoms with Crippen LogP contribution in [0.5, 0.6) is 0 Å². The molecule has 1 aliphatic rings. The van der Waals surface area contributed by atoms with E-state index in [9.17, 15) is 5.11 Å². The average molecular weight is 181 g/mol. The molecule has 1 aromatic rings. The number of aliphatic hydroxyl groups excluding tert-OH is 1. The molecule has 0 aromatic carbocycles. The number of furan rings is 1. The zero-order chi connectivity index (χ0) is 9.10. The molecule has 0 amide bonds. The zero-order valence-corrected chi connectivity index (χ0v) is 7.57.